The lowest BCUT2D eigenvalue weighted by Gasteiger charge is -2.15. The summed E-state index contributed by atoms with van der Waals surface area (Å²) in [5.74, 6) is 1.06. The number of hydrogen-bond acceptors (Lipinski definition) is 1. The largest absolute Gasteiger partial charge is 0.419 e. The van der Waals surface area contributed by atoms with Crippen molar-refractivity contribution in [2.75, 3.05) is 6.54 Å². The van der Waals surface area contributed by atoms with E-state index in [2.05, 4.69) is 11.2 Å². The summed E-state index contributed by atoms with van der Waals surface area (Å²) in [6.45, 7) is 2.49. The Hall–Kier alpha value is -1.54. The van der Waals surface area contributed by atoms with Gasteiger partial charge in [-0.15, -0.1) is 6.42 Å². The molecule has 0 radical (unpaired) electrons. The van der Waals surface area contributed by atoms with Gasteiger partial charge < -0.3 is 5.32 Å². The van der Waals surface area contributed by atoms with Crippen LogP contribution in [0.3, 0.4) is 0 Å². The predicted molar refractivity (Wildman–Crippen MR) is 61.3 cm³/mol. The number of nitrogens with one attached hydrogen (secondary N) is 1. The molecule has 0 saturated carbocycles. The zero-order valence-electron chi connectivity index (χ0n) is 9.81. The zero-order valence-corrected chi connectivity index (χ0v) is 9.81. The number of hydrogen-bond donors (Lipinski definition) is 1. The first-order chi connectivity index (χ1) is 8.40. The van der Waals surface area contributed by atoms with Crippen LogP contribution in [0.5, 0.6) is 0 Å². The van der Waals surface area contributed by atoms with Crippen molar-refractivity contribution in [2.45, 2.75) is 25.6 Å². The van der Waals surface area contributed by atoms with E-state index in [9.17, 15) is 17.6 Å². The third kappa shape index (κ3) is 3.47. The number of rotatable bonds is 4. The Morgan fingerprint density at radius 2 is 2.06 bits per heavy atom. The highest BCUT2D eigenvalue weighted by Crippen LogP contribution is 2.32. The Kier molecular flexibility index (Phi) is 4.74. The molecular formula is C13H13F4N. The van der Waals surface area contributed by atoms with Crippen LogP contribution < -0.4 is 5.32 Å². The van der Waals surface area contributed by atoms with Crippen molar-refractivity contribution >= 4 is 0 Å². The molecule has 1 N–H and O–H groups in total. The maximum atomic E-state index is 13.1. The first-order valence-electron chi connectivity index (χ1n) is 5.46. The van der Waals surface area contributed by atoms with Gasteiger partial charge in [-0.05, 0) is 30.7 Å². The number of benzene rings is 1. The molecule has 0 bridgehead atoms. The summed E-state index contributed by atoms with van der Waals surface area (Å²) in [6, 6.07) is 2.16. The summed E-state index contributed by atoms with van der Waals surface area (Å²) in [5.41, 5.74) is -1.06. The van der Waals surface area contributed by atoms with Gasteiger partial charge in [0.05, 0.1) is 11.6 Å². The van der Waals surface area contributed by atoms with E-state index in [1.54, 1.807) is 0 Å². The minimum Gasteiger partial charge on any atom is -0.300 e. The van der Waals surface area contributed by atoms with Crippen LogP contribution in [0.25, 0.3) is 0 Å². The second-order valence-corrected chi connectivity index (χ2v) is 3.79. The fraction of sp³-hybridized carbons (Fsp3) is 0.385. The van der Waals surface area contributed by atoms with Gasteiger partial charge in [-0.3, -0.25) is 0 Å². The van der Waals surface area contributed by atoms with Gasteiger partial charge in [0.1, 0.15) is 5.82 Å². The highest BCUT2D eigenvalue weighted by Gasteiger charge is 2.34. The zero-order chi connectivity index (χ0) is 13.8. The Morgan fingerprint density at radius 3 is 2.56 bits per heavy atom. The van der Waals surface area contributed by atoms with Crippen LogP contribution in [0, 0.1) is 18.2 Å². The molecule has 1 aromatic rings. The maximum Gasteiger partial charge on any atom is 0.419 e. The molecule has 0 aliphatic heterocycles. The summed E-state index contributed by atoms with van der Waals surface area (Å²) in [5, 5.41) is 2.91. The average Bonchev–Trinajstić information content (AvgIpc) is 2.30. The smallest absolute Gasteiger partial charge is 0.300 e. The molecule has 1 rings (SSSR count). The molecule has 0 aliphatic rings. The lowest BCUT2D eigenvalue weighted by atomic mass is 10.0. The molecule has 1 unspecified atom stereocenters. The molecular weight excluding hydrogens is 246 g/mol. The molecule has 0 aromatic heterocycles. The van der Waals surface area contributed by atoms with Gasteiger partial charge >= 0.3 is 6.18 Å². The molecule has 0 heterocycles. The quantitative estimate of drug-likeness (QED) is 0.644. The summed E-state index contributed by atoms with van der Waals surface area (Å²) < 4.78 is 50.7. The van der Waals surface area contributed by atoms with Crippen LogP contribution in [-0.4, -0.2) is 6.54 Å². The minimum atomic E-state index is -4.72. The molecule has 0 fully saturated rings. The number of halogens is 4. The van der Waals surface area contributed by atoms with E-state index in [0.29, 0.717) is 6.54 Å². The second kappa shape index (κ2) is 5.87. The van der Waals surface area contributed by atoms with Crippen molar-refractivity contribution in [2.24, 2.45) is 0 Å². The molecule has 0 spiro atoms. The van der Waals surface area contributed by atoms with E-state index in [0.717, 1.165) is 18.6 Å². The van der Waals surface area contributed by atoms with Gasteiger partial charge in [-0.2, -0.15) is 13.2 Å². The monoisotopic (exact) mass is 259 g/mol. The Morgan fingerprint density at radius 1 is 1.39 bits per heavy atom. The highest BCUT2D eigenvalue weighted by atomic mass is 19.4. The molecule has 0 amide bonds. The number of alkyl halides is 3. The first kappa shape index (κ1) is 14.5. The summed E-state index contributed by atoms with van der Waals surface area (Å²) in [6.07, 6.45) is 1.33. The van der Waals surface area contributed by atoms with Crippen molar-refractivity contribution < 1.29 is 17.6 Å². The van der Waals surface area contributed by atoms with Gasteiger partial charge in [-0.25, -0.2) is 4.39 Å². The van der Waals surface area contributed by atoms with Crippen LogP contribution in [0.2, 0.25) is 0 Å². The molecule has 1 nitrogen and oxygen atoms in total. The first-order valence-corrected chi connectivity index (χ1v) is 5.46. The third-order valence-electron chi connectivity index (χ3n) is 2.39. The topological polar surface area (TPSA) is 12.0 Å². The van der Waals surface area contributed by atoms with Crippen LogP contribution in [0.4, 0.5) is 17.6 Å². The fourth-order valence-electron chi connectivity index (χ4n) is 1.50. The number of terminal acetylenes is 1. The average molecular weight is 259 g/mol. The van der Waals surface area contributed by atoms with Crippen molar-refractivity contribution in [1.82, 2.24) is 5.32 Å². The third-order valence-corrected chi connectivity index (χ3v) is 2.39. The van der Waals surface area contributed by atoms with Gasteiger partial charge in [0.2, 0.25) is 0 Å². The predicted octanol–water partition coefficient (Wildman–Crippen LogP) is 3.52. The van der Waals surface area contributed by atoms with E-state index in [4.69, 9.17) is 6.42 Å². The lowest BCUT2D eigenvalue weighted by molar-refractivity contribution is -0.140. The van der Waals surface area contributed by atoms with Crippen molar-refractivity contribution in [3.63, 3.8) is 0 Å². The van der Waals surface area contributed by atoms with Crippen LogP contribution in [-0.2, 0) is 6.18 Å². The Bertz CT molecular complexity index is 445. The normalized spacial score (nSPS) is 13.1. The van der Waals surface area contributed by atoms with Crippen LogP contribution in [0.15, 0.2) is 18.2 Å². The molecule has 5 heteroatoms. The molecule has 0 aliphatic carbocycles. The highest BCUT2D eigenvalue weighted by molar-refractivity contribution is 5.32. The summed E-state index contributed by atoms with van der Waals surface area (Å²) >= 11 is 0. The molecule has 0 saturated heterocycles. The van der Waals surface area contributed by atoms with Crippen molar-refractivity contribution in [3.05, 3.63) is 35.1 Å². The van der Waals surface area contributed by atoms with Crippen molar-refractivity contribution in [1.29, 1.82) is 0 Å². The minimum absolute atomic E-state index is 0.236. The molecule has 1 atom stereocenters. The van der Waals surface area contributed by atoms with Gasteiger partial charge in [-0.1, -0.05) is 18.9 Å². The maximum absolute atomic E-state index is 13.1. The summed E-state index contributed by atoms with van der Waals surface area (Å²) in [4.78, 5) is 0. The second-order valence-electron chi connectivity index (χ2n) is 3.79. The standard InChI is InChI=1S/C13H13F4N/c1-3-7-18-12(4-2)9-5-6-11(14)10(8-9)13(15,16)17/h2,5-6,8,12,18H,3,7H2,1H3. The van der Waals surface area contributed by atoms with Gasteiger partial charge in [0.25, 0.3) is 0 Å². The molecule has 98 valence electrons. The molecule has 1 aromatic carbocycles. The van der Waals surface area contributed by atoms with E-state index in [1.165, 1.54) is 6.07 Å². The van der Waals surface area contributed by atoms with E-state index in [-0.39, 0.29) is 5.56 Å². The van der Waals surface area contributed by atoms with Gasteiger partial charge in [0, 0.05) is 0 Å². The molecule has 18 heavy (non-hydrogen) atoms. The van der Waals surface area contributed by atoms with E-state index < -0.39 is 23.6 Å². The Labute approximate surface area is 103 Å². The van der Waals surface area contributed by atoms with Crippen LogP contribution >= 0.6 is 0 Å². The van der Waals surface area contributed by atoms with E-state index >= 15 is 0 Å². The van der Waals surface area contributed by atoms with Crippen molar-refractivity contribution in [3.8, 4) is 12.3 Å². The van der Waals surface area contributed by atoms with Crippen LogP contribution in [0.1, 0.15) is 30.5 Å². The van der Waals surface area contributed by atoms with E-state index in [1.807, 2.05) is 6.92 Å². The lowest BCUT2D eigenvalue weighted by Crippen LogP contribution is -2.21. The summed E-state index contributed by atoms with van der Waals surface area (Å²) in [7, 11) is 0. The SMILES string of the molecule is C#CC(NCCC)c1ccc(F)c(C(F)(F)F)c1. The Balaban J connectivity index is 3.07. The van der Waals surface area contributed by atoms with Gasteiger partial charge in [0.15, 0.2) is 0 Å². The fourth-order valence-corrected chi connectivity index (χ4v) is 1.50.